The third-order valence-electron chi connectivity index (χ3n) is 3.98. The number of aromatic amines is 1. The molecule has 21 heavy (non-hydrogen) atoms. The van der Waals surface area contributed by atoms with Gasteiger partial charge in [0.25, 0.3) is 0 Å². The van der Waals surface area contributed by atoms with Crippen LogP contribution >= 0.6 is 0 Å². The highest BCUT2D eigenvalue weighted by Gasteiger charge is 2.10. The van der Waals surface area contributed by atoms with E-state index in [0.717, 1.165) is 33.7 Å². The molecule has 3 aromatic rings. The molecule has 0 saturated heterocycles. The predicted molar refractivity (Wildman–Crippen MR) is 86.0 cm³/mol. The second-order valence-corrected chi connectivity index (χ2v) is 5.16. The molecular formula is C18H17NO2. The molecule has 0 bridgehead atoms. The Morgan fingerprint density at radius 3 is 2.52 bits per heavy atom. The van der Waals surface area contributed by atoms with Gasteiger partial charge in [-0.1, -0.05) is 12.1 Å². The summed E-state index contributed by atoms with van der Waals surface area (Å²) in [5.74, 6) is 0.861. The highest BCUT2D eigenvalue weighted by Crippen LogP contribution is 2.30. The lowest BCUT2D eigenvalue weighted by Crippen LogP contribution is -2.03. The van der Waals surface area contributed by atoms with E-state index in [1.165, 1.54) is 0 Å². The van der Waals surface area contributed by atoms with Gasteiger partial charge in [0.2, 0.25) is 0 Å². The van der Waals surface area contributed by atoms with E-state index in [-0.39, 0.29) is 5.43 Å². The van der Waals surface area contributed by atoms with Gasteiger partial charge in [0.05, 0.1) is 7.11 Å². The number of ether oxygens (including phenoxy) is 1. The van der Waals surface area contributed by atoms with Crippen LogP contribution in [0.15, 0.2) is 47.3 Å². The fourth-order valence-corrected chi connectivity index (χ4v) is 2.65. The normalized spacial score (nSPS) is 10.8. The number of hydrogen-bond acceptors (Lipinski definition) is 2. The van der Waals surface area contributed by atoms with Crippen LogP contribution in [0.5, 0.6) is 5.75 Å². The lowest BCUT2D eigenvalue weighted by Gasteiger charge is -2.13. The molecule has 1 N–H and O–H groups in total. The van der Waals surface area contributed by atoms with E-state index in [2.05, 4.69) is 4.98 Å². The molecule has 3 heteroatoms. The molecule has 0 radical (unpaired) electrons. The van der Waals surface area contributed by atoms with E-state index in [4.69, 9.17) is 4.74 Å². The van der Waals surface area contributed by atoms with E-state index in [9.17, 15) is 4.79 Å². The number of rotatable bonds is 2. The zero-order valence-corrected chi connectivity index (χ0v) is 12.4. The van der Waals surface area contributed by atoms with Crippen LogP contribution < -0.4 is 10.2 Å². The Kier molecular flexibility index (Phi) is 3.26. The fraction of sp³-hybridized carbons (Fsp3) is 0.167. The Hall–Kier alpha value is -2.55. The molecule has 0 unspecified atom stereocenters. The Morgan fingerprint density at radius 2 is 1.76 bits per heavy atom. The molecule has 0 saturated carbocycles. The molecule has 0 atom stereocenters. The summed E-state index contributed by atoms with van der Waals surface area (Å²) < 4.78 is 5.34. The van der Waals surface area contributed by atoms with E-state index >= 15 is 0 Å². The van der Waals surface area contributed by atoms with Crippen molar-refractivity contribution in [3.8, 4) is 17.0 Å². The molecule has 0 aliphatic heterocycles. The number of H-pyrrole nitrogens is 1. The number of fused-ring (bicyclic) bond motifs is 1. The van der Waals surface area contributed by atoms with Crippen LogP contribution in [0.2, 0.25) is 0 Å². The molecule has 0 fully saturated rings. The number of hydrogen-bond donors (Lipinski definition) is 1. The van der Waals surface area contributed by atoms with Crippen LogP contribution in [-0.2, 0) is 0 Å². The predicted octanol–water partition coefficient (Wildman–Crippen LogP) is 3.82. The van der Waals surface area contributed by atoms with Gasteiger partial charge in [0, 0.05) is 28.2 Å². The highest BCUT2D eigenvalue weighted by molar-refractivity contribution is 5.82. The van der Waals surface area contributed by atoms with E-state index < -0.39 is 0 Å². The van der Waals surface area contributed by atoms with Crippen LogP contribution in [0.3, 0.4) is 0 Å². The summed E-state index contributed by atoms with van der Waals surface area (Å²) in [5.41, 5.74) is 4.95. The number of aromatic nitrogens is 1. The summed E-state index contributed by atoms with van der Waals surface area (Å²) in [6, 6.07) is 13.1. The summed E-state index contributed by atoms with van der Waals surface area (Å²) in [7, 11) is 1.67. The van der Waals surface area contributed by atoms with E-state index in [1.54, 1.807) is 13.2 Å². The van der Waals surface area contributed by atoms with Crippen molar-refractivity contribution in [1.29, 1.82) is 0 Å². The molecule has 1 aromatic heterocycles. The van der Waals surface area contributed by atoms with Crippen molar-refractivity contribution >= 4 is 10.9 Å². The van der Waals surface area contributed by atoms with Gasteiger partial charge in [-0.2, -0.15) is 0 Å². The zero-order chi connectivity index (χ0) is 15.0. The second-order valence-electron chi connectivity index (χ2n) is 5.16. The molecule has 3 rings (SSSR count). The molecule has 0 spiro atoms. The average Bonchev–Trinajstić information content (AvgIpc) is 2.50. The summed E-state index contributed by atoms with van der Waals surface area (Å²) in [4.78, 5) is 15.6. The molecule has 0 aliphatic carbocycles. The molecule has 0 amide bonds. The maximum atomic E-state index is 12.2. The lowest BCUT2D eigenvalue weighted by molar-refractivity contribution is 0.411. The number of benzene rings is 2. The Balaban J connectivity index is 2.26. The minimum atomic E-state index is 0.0345. The first-order valence-electron chi connectivity index (χ1n) is 6.88. The summed E-state index contributed by atoms with van der Waals surface area (Å²) in [5, 5.41) is 0.712. The first-order chi connectivity index (χ1) is 10.1. The quantitative estimate of drug-likeness (QED) is 0.775. The highest BCUT2D eigenvalue weighted by atomic mass is 16.5. The van der Waals surface area contributed by atoms with Crippen molar-refractivity contribution in [2.45, 2.75) is 13.8 Å². The SMILES string of the molecule is COc1ccc(-c2cc(=O)c3ccccc3[nH]2)c(C)c1C. The van der Waals surface area contributed by atoms with Crippen LogP contribution in [0.4, 0.5) is 0 Å². The topological polar surface area (TPSA) is 42.1 Å². The van der Waals surface area contributed by atoms with E-state index in [1.807, 2.05) is 50.2 Å². The van der Waals surface area contributed by atoms with Crippen LogP contribution in [0, 0.1) is 13.8 Å². The monoisotopic (exact) mass is 279 g/mol. The first kappa shape index (κ1) is 13.4. The summed E-state index contributed by atoms with van der Waals surface area (Å²) in [6.45, 7) is 4.07. The smallest absolute Gasteiger partial charge is 0.190 e. The lowest BCUT2D eigenvalue weighted by atomic mass is 9.99. The molecule has 0 aliphatic rings. The van der Waals surface area contributed by atoms with Gasteiger partial charge in [-0.25, -0.2) is 0 Å². The number of methoxy groups -OCH3 is 1. The second kappa shape index (κ2) is 5.09. The van der Waals surface area contributed by atoms with Gasteiger partial charge in [-0.05, 0) is 49.2 Å². The van der Waals surface area contributed by atoms with Gasteiger partial charge >= 0.3 is 0 Å². The fourth-order valence-electron chi connectivity index (χ4n) is 2.65. The van der Waals surface area contributed by atoms with Crippen molar-refractivity contribution in [3.63, 3.8) is 0 Å². The van der Waals surface area contributed by atoms with Crippen molar-refractivity contribution in [2.24, 2.45) is 0 Å². The van der Waals surface area contributed by atoms with Crippen LogP contribution in [0.25, 0.3) is 22.2 Å². The number of pyridine rings is 1. The average molecular weight is 279 g/mol. The zero-order valence-electron chi connectivity index (χ0n) is 12.4. The van der Waals surface area contributed by atoms with Gasteiger partial charge < -0.3 is 9.72 Å². The van der Waals surface area contributed by atoms with Crippen LogP contribution in [-0.4, -0.2) is 12.1 Å². The maximum absolute atomic E-state index is 12.2. The van der Waals surface area contributed by atoms with Crippen molar-refractivity contribution in [3.05, 3.63) is 63.8 Å². The Labute approximate surface area is 123 Å². The van der Waals surface area contributed by atoms with Gasteiger partial charge in [-0.15, -0.1) is 0 Å². The van der Waals surface area contributed by atoms with Crippen molar-refractivity contribution in [2.75, 3.05) is 7.11 Å². The Morgan fingerprint density at radius 1 is 1.00 bits per heavy atom. The summed E-state index contributed by atoms with van der Waals surface area (Å²) >= 11 is 0. The minimum absolute atomic E-state index is 0.0345. The van der Waals surface area contributed by atoms with Gasteiger partial charge in [0.15, 0.2) is 5.43 Å². The standard InChI is InChI=1S/C18H17NO2/c1-11-12(2)18(21-3)9-8-13(11)16-10-17(20)14-6-4-5-7-15(14)19-16/h4-10H,1-3H3,(H,19,20). The largest absolute Gasteiger partial charge is 0.496 e. The van der Waals surface area contributed by atoms with Crippen molar-refractivity contribution in [1.82, 2.24) is 4.98 Å². The molecule has 106 valence electrons. The number of nitrogens with one attached hydrogen (secondary N) is 1. The maximum Gasteiger partial charge on any atom is 0.190 e. The Bertz CT molecular complexity index is 878. The van der Waals surface area contributed by atoms with Gasteiger partial charge in [-0.3, -0.25) is 4.79 Å². The summed E-state index contributed by atoms with van der Waals surface area (Å²) in [6.07, 6.45) is 0. The van der Waals surface area contributed by atoms with E-state index in [0.29, 0.717) is 5.39 Å². The molecular weight excluding hydrogens is 262 g/mol. The first-order valence-corrected chi connectivity index (χ1v) is 6.88. The minimum Gasteiger partial charge on any atom is -0.496 e. The molecule has 1 heterocycles. The van der Waals surface area contributed by atoms with Crippen LogP contribution in [0.1, 0.15) is 11.1 Å². The van der Waals surface area contributed by atoms with Crippen molar-refractivity contribution < 1.29 is 4.74 Å². The molecule has 3 nitrogen and oxygen atoms in total. The molecule has 2 aromatic carbocycles. The van der Waals surface area contributed by atoms with Gasteiger partial charge in [0.1, 0.15) is 5.75 Å². The third kappa shape index (κ3) is 2.21. The third-order valence-corrected chi connectivity index (χ3v) is 3.98. The number of para-hydroxylation sites is 1.